The fourth-order valence-corrected chi connectivity index (χ4v) is 7.42. The predicted octanol–water partition coefficient (Wildman–Crippen LogP) is 4.69. The molecule has 0 saturated heterocycles. The molecule has 1 aromatic rings. The molecule has 0 bridgehead atoms. The SMILES string of the molecule is C[Si](C)(C)OP(O[Si](C)(C)C)C(O)c1ccccc1. The van der Waals surface area contributed by atoms with Gasteiger partial charge in [-0.1, -0.05) is 30.3 Å². The zero-order chi connectivity index (χ0) is 14.7. The van der Waals surface area contributed by atoms with Crippen LogP contribution in [0.25, 0.3) is 0 Å². The Balaban J connectivity index is 2.90. The Morgan fingerprint density at radius 2 is 1.32 bits per heavy atom. The third-order valence-corrected chi connectivity index (χ3v) is 8.54. The van der Waals surface area contributed by atoms with Crippen LogP contribution in [0.2, 0.25) is 39.3 Å². The molecular formula is C13H25O3PSi2. The van der Waals surface area contributed by atoms with Crippen LogP contribution >= 0.6 is 8.38 Å². The van der Waals surface area contributed by atoms with E-state index in [0.717, 1.165) is 5.56 Å². The van der Waals surface area contributed by atoms with Gasteiger partial charge in [-0.3, -0.25) is 0 Å². The van der Waals surface area contributed by atoms with Crippen molar-refractivity contribution in [1.82, 2.24) is 0 Å². The van der Waals surface area contributed by atoms with Crippen LogP contribution in [0.1, 0.15) is 11.4 Å². The van der Waals surface area contributed by atoms with Gasteiger partial charge in [0.25, 0.3) is 0 Å². The van der Waals surface area contributed by atoms with Gasteiger partial charge in [0.2, 0.25) is 0 Å². The summed E-state index contributed by atoms with van der Waals surface area (Å²) in [6, 6.07) is 9.63. The Hall–Kier alpha value is -0.0362. The zero-order valence-electron chi connectivity index (χ0n) is 12.7. The fraction of sp³-hybridized carbons (Fsp3) is 0.538. The Kier molecular flexibility index (Phi) is 5.92. The summed E-state index contributed by atoms with van der Waals surface area (Å²) >= 11 is 0. The Morgan fingerprint density at radius 3 is 1.68 bits per heavy atom. The molecule has 1 aromatic carbocycles. The third-order valence-electron chi connectivity index (χ3n) is 2.03. The molecule has 1 N–H and O–H groups in total. The van der Waals surface area contributed by atoms with Gasteiger partial charge in [0, 0.05) is 0 Å². The maximum Gasteiger partial charge on any atom is 0.191 e. The molecule has 6 heteroatoms. The highest BCUT2D eigenvalue weighted by Gasteiger charge is 2.33. The van der Waals surface area contributed by atoms with Crippen molar-refractivity contribution >= 4 is 25.0 Å². The second-order valence-corrected chi connectivity index (χ2v) is 17.4. The molecule has 0 heterocycles. The fourth-order valence-electron chi connectivity index (χ4n) is 1.41. The molecule has 0 fully saturated rings. The minimum atomic E-state index is -1.75. The van der Waals surface area contributed by atoms with Gasteiger partial charge in [0.15, 0.2) is 25.0 Å². The smallest absolute Gasteiger partial charge is 0.191 e. The lowest BCUT2D eigenvalue weighted by atomic mass is 10.2. The summed E-state index contributed by atoms with van der Waals surface area (Å²) in [6.45, 7) is 12.7. The topological polar surface area (TPSA) is 38.7 Å². The van der Waals surface area contributed by atoms with Crippen molar-refractivity contribution in [2.45, 2.75) is 45.1 Å². The lowest BCUT2D eigenvalue weighted by Crippen LogP contribution is -2.29. The van der Waals surface area contributed by atoms with Crippen molar-refractivity contribution < 1.29 is 13.5 Å². The normalized spacial score (nSPS) is 14.7. The van der Waals surface area contributed by atoms with E-state index in [0.29, 0.717) is 0 Å². The second kappa shape index (κ2) is 6.61. The van der Waals surface area contributed by atoms with Crippen LogP contribution in [0.3, 0.4) is 0 Å². The van der Waals surface area contributed by atoms with Crippen LogP contribution in [-0.2, 0) is 8.43 Å². The van der Waals surface area contributed by atoms with E-state index in [1.54, 1.807) is 0 Å². The third kappa shape index (κ3) is 6.79. The molecule has 1 rings (SSSR count). The summed E-state index contributed by atoms with van der Waals surface area (Å²) in [4.78, 5) is 0. The van der Waals surface area contributed by atoms with Crippen LogP contribution < -0.4 is 0 Å². The van der Waals surface area contributed by atoms with E-state index in [4.69, 9.17) is 8.43 Å². The van der Waals surface area contributed by atoms with Crippen molar-refractivity contribution in [3.8, 4) is 0 Å². The molecule has 1 unspecified atom stereocenters. The van der Waals surface area contributed by atoms with Gasteiger partial charge in [-0.15, -0.1) is 0 Å². The van der Waals surface area contributed by atoms with Gasteiger partial charge in [0.1, 0.15) is 5.85 Å². The standard InChI is InChI=1S/C13H25O3PSi2/c1-18(2,3)15-17(16-19(4,5)6)13(14)12-10-8-7-9-11-12/h7-11,13-14H,1-6H3. The first kappa shape index (κ1) is 17.0. The van der Waals surface area contributed by atoms with E-state index in [-0.39, 0.29) is 0 Å². The molecule has 0 radical (unpaired) electrons. The van der Waals surface area contributed by atoms with Crippen LogP contribution in [0.15, 0.2) is 30.3 Å². The van der Waals surface area contributed by atoms with E-state index >= 15 is 0 Å². The summed E-state index contributed by atoms with van der Waals surface area (Å²) in [5.74, 6) is -0.672. The summed E-state index contributed by atoms with van der Waals surface area (Å²) in [7, 11) is -4.79. The molecule has 0 aliphatic carbocycles. The molecular weight excluding hydrogens is 291 g/mol. The van der Waals surface area contributed by atoms with Crippen LogP contribution in [-0.4, -0.2) is 21.7 Å². The maximum atomic E-state index is 10.5. The lowest BCUT2D eigenvalue weighted by molar-refractivity contribution is 0.236. The molecule has 0 aromatic heterocycles. The first-order valence-electron chi connectivity index (χ1n) is 6.49. The van der Waals surface area contributed by atoms with E-state index in [2.05, 4.69) is 39.3 Å². The molecule has 108 valence electrons. The van der Waals surface area contributed by atoms with E-state index < -0.39 is 30.9 Å². The lowest BCUT2D eigenvalue weighted by Gasteiger charge is -2.33. The molecule has 0 aliphatic rings. The van der Waals surface area contributed by atoms with E-state index in [1.165, 1.54) is 0 Å². The quantitative estimate of drug-likeness (QED) is 0.611. The van der Waals surface area contributed by atoms with Gasteiger partial charge < -0.3 is 13.5 Å². The van der Waals surface area contributed by atoms with Crippen molar-refractivity contribution in [2.24, 2.45) is 0 Å². The van der Waals surface area contributed by atoms with Crippen molar-refractivity contribution in [1.29, 1.82) is 0 Å². The largest absolute Gasteiger partial charge is 0.379 e. The maximum absolute atomic E-state index is 10.5. The van der Waals surface area contributed by atoms with Crippen LogP contribution in [0.4, 0.5) is 0 Å². The average Bonchev–Trinajstić information content (AvgIpc) is 2.24. The van der Waals surface area contributed by atoms with Crippen LogP contribution in [0, 0.1) is 0 Å². The van der Waals surface area contributed by atoms with Gasteiger partial charge in [-0.2, -0.15) is 0 Å². The van der Waals surface area contributed by atoms with Crippen molar-refractivity contribution in [3.63, 3.8) is 0 Å². The minimum absolute atomic E-state index is 0.672. The molecule has 19 heavy (non-hydrogen) atoms. The van der Waals surface area contributed by atoms with Gasteiger partial charge in [-0.25, -0.2) is 0 Å². The van der Waals surface area contributed by atoms with Gasteiger partial charge in [0.05, 0.1) is 0 Å². The summed E-state index contributed by atoms with van der Waals surface area (Å²) in [6.07, 6.45) is 0. The number of hydrogen-bond donors (Lipinski definition) is 1. The Labute approximate surface area is 120 Å². The highest BCUT2D eigenvalue weighted by Crippen LogP contribution is 2.54. The first-order chi connectivity index (χ1) is 8.58. The Bertz CT molecular complexity index is 371. The first-order valence-corrected chi connectivity index (χ1v) is 14.6. The average molecular weight is 316 g/mol. The highest BCUT2D eigenvalue weighted by molar-refractivity contribution is 7.51. The molecule has 1 atom stereocenters. The molecule has 0 amide bonds. The van der Waals surface area contributed by atoms with Crippen molar-refractivity contribution in [3.05, 3.63) is 35.9 Å². The number of benzene rings is 1. The second-order valence-electron chi connectivity index (χ2n) is 6.48. The summed E-state index contributed by atoms with van der Waals surface area (Å²) < 4.78 is 12.2. The monoisotopic (exact) mass is 316 g/mol. The number of aliphatic hydroxyl groups is 1. The highest BCUT2D eigenvalue weighted by atomic mass is 31.2. The van der Waals surface area contributed by atoms with Gasteiger partial charge >= 0.3 is 0 Å². The zero-order valence-corrected chi connectivity index (χ0v) is 15.6. The molecule has 0 saturated carbocycles. The van der Waals surface area contributed by atoms with E-state index in [9.17, 15) is 5.11 Å². The number of hydrogen-bond acceptors (Lipinski definition) is 3. The predicted molar refractivity (Wildman–Crippen MR) is 87.2 cm³/mol. The molecule has 0 spiro atoms. The molecule has 0 aliphatic heterocycles. The van der Waals surface area contributed by atoms with E-state index in [1.807, 2.05) is 30.3 Å². The number of rotatable bonds is 6. The number of aliphatic hydroxyl groups excluding tert-OH is 1. The van der Waals surface area contributed by atoms with Crippen LogP contribution in [0.5, 0.6) is 0 Å². The van der Waals surface area contributed by atoms with Gasteiger partial charge in [-0.05, 0) is 44.8 Å². The summed E-state index contributed by atoms with van der Waals surface area (Å²) in [5, 5.41) is 10.5. The Morgan fingerprint density at radius 1 is 0.895 bits per heavy atom. The molecule has 3 nitrogen and oxygen atoms in total. The minimum Gasteiger partial charge on any atom is -0.379 e. The van der Waals surface area contributed by atoms with Crippen molar-refractivity contribution in [2.75, 3.05) is 0 Å². The summed E-state index contributed by atoms with van der Waals surface area (Å²) in [5.41, 5.74) is 0.866.